The van der Waals surface area contributed by atoms with Crippen LogP contribution in [0.1, 0.15) is 23.2 Å². The Labute approximate surface area is 151 Å². The second-order valence-corrected chi connectivity index (χ2v) is 8.89. The van der Waals surface area contributed by atoms with Crippen molar-refractivity contribution in [3.63, 3.8) is 0 Å². The molecule has 3 aliphatic heterocycles. The highest BCUT2D eigenvalue weighted by molar-refractivity contribution is 7.88. The minimum Gasteiger partial charge on any atom is -0.334 e. The largest absolute Gasteiger partial charge is 0.334 e. The third-order valence-electron chi connectivity index (χ3n) is 5.09. The first kappa shape index (κ1) is 17.1. The van der Waals surface area contributed by atoms with Crippen LogP contribution < -0.4 is 0 Å². The Kier molecular flexibility index (Phi) is 4.23. The first-order chi connectivity index (χ1) is 12.4. The van der Waals surface area contributed by atoms with Crippen molar-refractivity contribution in [1.82, 2.24) is 29.0 Å². The van der Waals surface area contributed by atoms with Crippen molar-refractivity contribution in [1.29, 1.82) is 0 Å². The van der Waals surface area contributed by atoms with Crippen LogP contribution in [0.25, 0.3) is 5.82 Å². The normalized spacial score (nSPS) is 23.8. The third-order valence-corrected chi connectivity index (χ3v) is 6.32. The number of nitrogens with zero attached hydrogens (tertiary/aromatic N) is 6. The highest BCUT2D eigenvalue weighted by Gasteiger charge is 2.39. The Bertz CT molecular complexity index is 897. The molecule has 10 heteroatoms. The standard InChI is InChI=1S/C16H20N6O3S/c1-26(24,25)21-7-12-2-4-14(9-21)22(8-12)16(23)13-3-5-15(17-6-13)20-10-18-19-11-20/h3,5-6,10-12,14H,2,4,7-9H2,1H3/t12-,14+/m0/s1. The molecule has 2 aromatic rings. The molecule has 0 aliphatic carbocycles. The molecule has 2 aromatic heterocycles. The number of pyridine rings is 1. The molecular weight excluding hydrogens is 356 g/mol. The second kappa shape index (κ2) is 6.44. The Morgan fingerprint density at radius 3 is 2.54 bits per heavy atom. The molecule has 3 saturated heterocycles. The number of hydrogen-bond acceptors (Lipinski definition) is 6. The molecule has 0 aromatic carbocycles. The number of carbonyl (C=O) groups excluding carboxylic acids is 1. The van der Waals surface area contributed by atoms with Crippen molar-refractivity contribution >= 4 is 15.9 Å². The van der Waals surface area contributed by atoms with E-state index in [1.807, 2.05) is 4.90 Å². The highest BCUT2D eigenvalue weighted by Crippen LogP contribution is 2.30. The molecule has 3 fully saturated rings. The zero-order valence-electron chi connectivity index (χ0n) is 14.4. The van der Waals surface area contributed by atoms with E-state index in [4.69, 9.17) is 0 Å². The number of fused-ring (bicyclic) bond motifs is 4. The van der Waals surface area contributed by atoms with Gasteiger partial charge in [-0.3, -0.25) is 9.36 Å². The van der Waals surface area contributed by atoms with Gasteiger partial charge in [0.15, 0.2) is 0 Å². The maximum absolute atomic E-state index is 13.0. The van der Waals surface area contributed by atoms with Crippen molar-refractivity contribution in [3.05, 3.63) is 36.5 Å². The number of rotatable bonds is 3. The van der Waals surface area contributed by atoms with E-state index in [1.165, 1.54) is 23.2 Å². The lowest BCUT2D eigenvalue weighted by Crippen LogP contribution is -2.47. The molecule has 0 saturated carbocycles. The van der Waals surface area contributed by atoms with Crippen LogP contribution in [-0.2, 0) is 10.0 Å². The topological polar surface area (TPSA) is 101 Å². The molecular formula is C16H20N6O3S. The number of carbonyl (C=O) groups is 1. The number of sulfonamides is 1. The summed E-state index contributed by atoms with van der Waals surface area (Å²) in [5.74, 6) is 0.710. The van der Waals surface area contributed by atoms with Gasteiger partial charge in [0, 0.05) is 31.9 Å². The molecule has 1 amide bonds. The van der Waals surface area contributed by atoms with Gasteiger partial charge in [0.1, 0.15) is 18.5 Å². The zero-order valence-corrected chi connectivity index (χ0v) is 15.2. The van der Waals surface area contributed by atoms with Crippen LogP contribution in [-0.4, -0.2) is 75.2 Å². The molecule has 2 bridgehead atoms. The summed E-state index contributed by atoms with van der Waals surface area (Å²) in [6.07, 6.45) is 7.64. The number of hydrogen-bond donors (Lipinski definition) is 0. The fourth-order valence-corrected chi connectivity index (χ4v) is 4.63. The number of aromatic nitrogens is 4. The van der Waals surface area contributed by atoms with Gasteiger partial charge in [-0.2, -0.15) is 4.31 Å². The summed E-state index contributed by atoms with van der Waals surface area (Å²) in [6.45, 7) is 1.44. The van der Waals surface area contributed by atoms with Crippen molar-refractivity contribution in [2.75, 3.05) is 25.9 Å². The van der Waals surface area contributed by atoms with Crippen molar-refractivity contribution in [2.24, 2.45) is 5.92 Å². The van der Waals surface area contributed by atoms with Gasteiger partial charge >= 0.3 is 0 Å². The second-order valence-electron chi connectivity index (χ2n) is 6.91. The molecule has 0 unspecified atom stereocenters. The summed E-state index contributed by atoms with van der Waals surface area (Å²) in [5, 5.41) is 7.47. The van der Waals surface area contributed by atoms with E-state index in [1.54, 1.807) is 22.9 Å². The Morgan fingerprint density at radius 1 is 1.12 bits per heavy atom. The maximum Gasteiger partial charge on any atom is 0.255 e. The average Bonchev–Trinajstić information content (AvgIpc) is 2.99. The lowest BCUT2D eigenvalue weighted by molar-refractivity contribution is 0.0588. The molecule has 0 spiro atoms. The van der Waals surface area contributed by atoms with E-state index in [-0.39, 0.29) is 17.9 Å². The van der Waals surface area contributed by atoms with Crippen LogP contribution in [0.2, 0.25) is 0 Å². The maximum atomic E-state index is 13.0. The zero-order chi connectivity index (χ0) is 18.3. The first-order valence-electron chi connectivity index (χ1n) is 8.49. The van der Waals surface area contributed by atoms with E-state index in [0.29, 0.717) is 31.0 Å². The predicted molar refractivity (Wildman–Crippen MR) is 93.1 cm³/mol. The van der Waals surface area contributed by atoms with Gasteiger partial charge in [0.2, 0.25) is 10.0 Å². The summed E-state index contributed by atoms with van der Waals surface area (Å²) < 4.78 is 27.1. The van der Waals surface area contributed by atoms with E-state index in [9.17, 15) is 13.2 Å². The molecule has 5 heterocycles. The minimum absolute atomic E-state index is 0.0894. The van der Waals surface area contributed by atoms with Crippen molar-refractivity contribution < 1.29 is 13.2 Å². The SMILES string of the molecule is CS(=O)(=O)N1C[C@@H]2CC[C@H](C1)N(C(=O)c1ccc(-n3cnnc3)nc1)C2. The molecule has 26 heavy (non-hydrogen) atoms. The molecule has 2 atom stereocenters. The van der Waals surface area contributed by atoms with E-state index >= 15 is 0 Å². The molecule has 3 aliphatic rings. The van der Waals surface area contributed by atoms with Crippen molar-refractivity contribution in [3.8, 4) is 5.82 Å². The monoisotopic (exact) mass is 376 g/mol. The van der Waals surface area contributed by atoms with Gasteiger partial charge in [-0.15, -0.1) is 10.2 Å². The van der Waals surface area contributed by atoms with Crippen LogP contribution in [0.15, 0.2) is 31.0 Å². The van der Waals surface area contributed by atoms with Crippen LogP contribution in [0.4, 0.5) is 0 Å². The number of piperidine rings is 1. The summed E-state index contributed by atoms with van der Waals surface area (Å²) in [5.41, 5.74) is 0.500. The molecule has 138 valence electrons. The predicted octanol–water partition coefficient (Wildman–Crippen LogP) is 0.158. The smallest absolute Gasteiger partial charge is 0.255 e. The number of amides is 1. The Morgan fingerprint density at radius 2 is 1.88 bits per heavy atom. The summed E-state index contributed by atoms with van der Waals surface area (Å²) in [7, 11) is -3.25. The highest BCUT2D eigenvalue weighted by atomic mass is 32.2. The van der Waals surface area contributed by atoms with Crippen molar-refractivity contribution in [2.45, 2.75) is 18.9 Å². The van der Waals surface area contributed by atoms with Gasteiger partial charge < -0.3 is 4.90 Å². The van der Waals surface area contributed by atoms with Crippen LogP contribution in [0.5, 0.6) is 0 Å². The van der Waals surface area contributed by atoms with E-state index < -0.39 is 10.0 Å². The Hall–Kier alpha value is -2.33. The van der Waals surface area contributed by atoms with Gasteiger partial charge in [0.05, 0.1) is 11.8 Å². The lowest BCUT2D eigenvalue weighted by atomic mass is 9.94. The summed E-state index contributed by atoms with van der Waals surface area (Å²) >= 11 is 0. The quantitative estimate of drug-likeness (QED) is 0.756. The lowest BCUT2D eigenvalue weighted by Gasteiger charge is -2.36. The van der Waals surface area contributed by atoms with Crippen LogP contribution >= 0.6 is 0 Å². The average molecular weight is 376 g/mol. The fraction of sp³-hybridized carbons (Fsp3) is 0.500. The fourth-order valence-electron chi connectivity index (χ4n) is 3.71. The van der Waals surface area contributed by atoms with E-state index in [2.05, 4.69) is 15.2 Å². The van der Waals surface area contributed by atoms with Gasteiger partial charge in [-0.05, 0) is 30.9 Å². The van der Waals surface area contributed by atoms with Gasteiger partial charge in [-0.1, -0.05) is 0 Å². The van der Waals surface area contributed by atoms with Crippen LogP contribution in [0, 0.1) is 5.92 Å². The third kappa shape index (κ3) is 3.21. The van der Waals surface area contributed by atoms with Crippen LogP contribution in [0.3, 0.4) is 0 Å². The molecule has 9 nitrogen and oxygen atoms in total. The Balaban J connectivity index is 1.55. The first-order valence-corrected chi connectivity index (χ1v) is 10.3. The summed E-state index contributed by atoms with van der Waals surface area (Å²) in [4.78, 5) is 19.1. The molecule has 5 rings (SSSR count). The molecule has 0 N–H and O–H groups in total. The molecule has 0 radical (unpaired) electrons. The van der Waals surface area contributed by atoms with Gasteiger partial charge in [0.25, 0.3) is 5.91 Å². The van der Waals surface area contributed by atoms with Gasteiger partial charge in [-0.25, -0.2) is 13.4 Å². The van der Waals surface area contributed by atoms with E-state index in [0.717, 1.165) is 12.8 Å². The minimum atomic E-state index is -3.25. The summed E-state index contributed by atoms with van der Waals surface area (Å²) in [6, 6.07) is 3.39.